The number of hydrogen-bond acceptors (Lipinski definition) is 1. The number of β-lactam (4-membered cyclic amide) rings is 1. The number of hydrogen-bond donors (Lipinski definition) is 1. The monoisotopic (exact) mass is 175 g/mol. The predicted octanol–water partition coefficient (Wildman–Crippen LogP) is 1.42. The number of nitrogens with one attached hydrogen (secondary N) is 1. The molecule has 1 N–H and O–H groups in total. The van der Waals surface area contributed by atoms with E-state index in [1.165, 1.54) is 0 Å². The normalized spacial score (nSPS) is 41.6. The molecule has 1 fully saturated rings. The quantitative estimate of drug-likeness (QED) is 0.438. The van der Waals surface area contributed by atoms with E-state index in [4.69, 9.17) is 0 Å². The molecule has 3 atom stereocenters. The van der Waals surface area contributed by atoms with Crippen LogP contribution < -0.4 is 5.32 Å². The fourth-order valence-electron chi connectivity index (χ4n) is 1.57. The second-order valence-electron chi connectivity index (χ2n) is 3.57. The minimum Gasteiger partial charge on any atom is -0.348 e. The van der Waals surface area contributed by atoms with Gasteiger partial charge in [-0.25, -0.2) is 0 Å². The van der Waals surface area contributed by atoms with E-state index >= 15 is 0 Å². The molecular formula is C11H13NO. The van der Waals surface area contributed by atoms with E-state index in [1.54, 1.807) is 0 Å². The number of rotatable bonds is 0. The molecule has 0 spiro atoms. The van der Waals surface area contributed by atoms with Gasteiger partial charge in [-0.3, -0.25) is 4.79 Å². The van der Waals surface area contributed by atoms with Crippen LogP contribution in [0.2, 0.25) is 0 Å². The van der Waals surface area contributed by atoms with Gasteiger partial charge in [0.15, 0.2) is 0 Å². The number of allylic oxidation sites excluding steroid dienone is 4. The summed E-state index contributed by atoms with van der Waals surface area (Å²) in [5, 5.41) is 2.84. The number of carbonyl (C=O) groups excluding carboxylic acids is 1. The molecule has 0 aromatic heterocycles. The van der Waals surface area contributed by atoms with Crippen LogP contribution in [0.15, 0.2) is 36.5 Å². The van der Waals surface area contributed by atoms with Crippen LogP contribution in [0.5, 0.6) is 0 Å². The molecule has 13 heavy (non-hydrogen) atoms. The van der Waals surface area contributed by atoms with Crippen LogP contribution in [0.4, 0.5) is 0 Å². The van der Waals surface area contributed by atoms with E-state index in [9.17, 15) is 4.79 Å². The van der Waals surface area contributed by atoms with Crippen LogP contribution in [0.1, 0.15) is 6.92 Å². The van der Waals surface area contributed by atoms with Gasteiger partial charge in [0.05, 0.1) is 12.0 Å². The van der Waals surface area contributed by atoms with E-state index in [0.29, 0.717) is 5.92 Å². The molecule has 1 aliphatic carbocycles. The molecule has 1 aliphatic heterocycles. The van der Waals surface area contributed by atoms with Gasteiger partial charge in [0.25, 0.3) is 0 Å². The highest BCUT2D eigenvalue weighted by Crippen LogP contribution is 2.20. The van der Waals surface area contributed by atoms with Gasteiger partial charge in [-0.05, 0) is 5.92 Å². The highest BCUT2D eigenvalue weighted by Gasteiger charge is 2.35. The van der Waals surface area contributed by atoms with Crippen molar-refractivity contribution in [2.45, 2.75) is 13.0 Å². The Kier molecular flexibility index (Phi) is 2.05. The van der Waals surface area contributed by atoms with Crippen molar-refractivity contribution in [3.05, 3.63) is 36.5 Å². The van der Waals surface area contributed by atoms with E-state index < -0.39 is 0 Å². The second kappa shape index (κ2) is 3.21. The third kappa shape index (κ3) is 1.57. The highest BCUT2D eigenvalue weighted by atomic mass is 16.2. The topological polar surface area (TPSA) is 29.1 Å². The zero-order valence-electron chi connectivity index (χ0n) is 7.60. The third-order valence-electron chi connectivity index (χ3n) is 2.46. The van der Waals surface area contributed by atoms with Crippen molar-refractivity contribution < 1.29 is 4.79 Å². The first-order valence-electron chi connectivity index (χ1n) is 4.61. The average Bonchev–Trinajstić information content (AvgIpc) is 2.15. The molecule has 0 aromatic carbocycles. The number of fused-ring (bicyclic) bond motifs is 1. The van der Waals surface area contributed by atoms with Crippen molar-refractivity contribution in [1.29, 1.82) is 0 Å². The summed E-state index contributed by atoms with van der Waals surface area (Å²) in [6.07, 6.45) is 12.3. The molecule has 0 saturated carbocycles. The third-order valence-corrected chi connectivity index (χ3v) is 2.46. The Morgan fingerprint density at radius 2 is 1.92 bits per heavy atom. The van der Waals surface area contributed by atoms with Crippen molar-refractivity contribution in [3.63, 3.8) is 0 Å². The Hall–Kier alpha value is -1.31. The molecule has 0 bridgehead atoms. The van der Waals surface area contributed by atoms with Crippen molar-refractivity contribution in [2.24, 2.45) is 11.8 Å². The fourth-order valence-corrected chi connectivity index (χ4v) is 1.57. The van der Waals surface area contributed by atoms with E-state index in [-0.39, 0.29) is 17.9 Å². The van der Waals surface area contributed by atoms with Crippen molar-refractivity contribution in [3.8, 4) is 0 Å². The molecule has 0 aromatic rings. The largest absolute Gasteiger partial charge is 0.348 e. The summed E-state index contributed by atoms with van der Waals surface area (Å²) < 4.78 is 0. The minimum absolute atomic E-state index is 0.0543. The second-order valence-corrected chi connectivity index (χ2v) is 3.57. The zero-order valence-corrected chi connectivity index (χ0v) is 7.60. The average molecular weight is 175 g/mol. The van der Waals surface area contributed by atoms with Crippen molar-refractivity contribution in [2.75, 3.05) is 0 Å². The lowest BCUT2D eigenvalue weighted by atomic mass is 9.89. The molecule has 1 amide bonds. The van der Waals surface area contributed by atoms with Crippen LogP contribution in [-0.2, 0) is 4.79 Å². The Morgan fingerprint density at radius 1 is 1.15 bits per heavy atom. The maximum Gasteiger partial charge on any atom is 0.229 e. The zero-order chi connectivity index (χ0) is 9.26. The highest BCUT2D eigenvalue weighted by molar-refractivity contribution is 5.88. The Labute approximate surface area is 78.0 Å². The summed E-state index contributed by atoms with van der Waals surface area (Å²) in [5.41, 5.74) is 0. The Morgan fingerprint density at radius 3 is 2.69 bits per heavy atom. The van der Waals surface area contributed by atoms with Crippen LogP contribution in [0.3, 0.4) is 0 Å². The maximum absolute atomic E-state index is 11.1. The molecule has 2 nitrogen and oxygen atoms in total. The van der Waals surface area contributed by atoms with Gasteiger partial charge >= 0.3 is 0 Å². The number of amides is 1. The van der Waals surface area contributed by atoms with Crippen LogP contribution in [0, 0.1) is 11.8 Å². The summed E-state index contributed by atoms with van der Waals surface area (Å²) in [6.45, 7) is 2.11. The van der Waals surface area contributed by atoms with Gasteiger partial charge in [0.2, 0.25) is 5.91 Å². The van der Waals surface area contributed by atoms with Gasteiger partial charge in [-0.1, -0.05) is 43.4 Å². The Bertz CT molecular complexity index is 301. The van der Waals surface area contributed by atoms with Crippen LogP contribution in [0.25, 0.3) is 0 Å². The lowest BCUT2D eigenvalue weighted by Crippen LogP contribution is -2.56. The first kappa shape index (κ1) is 8.30. The van der Waals surface area contributed by atoms with Gasteiger partial charge in [-0.2, -0.15) is 0 Å². The van der Waals surface area contributed by atoms with Gasteiger partial charge in [-0.15, -0.1) is 0 Å². The molecule has 2 aliphatic rings. The standard InChI is InChI=1S/C11H13NO/c1-8-4-2-3-5-10-9(7-6-8)11(13)12-10/h2-10H,1H3,(H,12,13)/b4-2-,5-3-,7-6?/t8-,9-,10+/m0/s1. The van der Waals surface area contributed by atoms with Crippen LogP contribution in [-0.4, -0.2) is 11.9 Å². The molecule has 2 rings (SSSR count). The summed E-state index contributed by atoms with van der Waals surface area (Å²) in [7, 11) is 0. The first-order chi connectivity index (χ1) is 6.27. The van der Waals surface area contributed by atoms with Crippen LogP contribution >= 0.6 is 0 Å². The Balaban J connectivity index is 2.19. The van der Waals surface area contributed by atoms with Gasteiger partial charge in [0.1, 0.15) is 0 Å². The number of carbonyl (C=O) groups is 1. The van der Waals surface area contributed by atoms with Gasteiger partial charge < -0.3 is 5.32 Å². The summed E-state index contributed by atoms with van der Waals surface area (Å²) >= 11 is 0. The molecule has 0 radical (unpaired) electrons. The summed E-state index contributed by atoms with van der Waals surface area (Å²) in [5.74, 6) is 0.607. The van der Waals surface area contributed by atoms with E-state index in [2.05, 4.69) is 24.4 Å². The predicted molar refractivity (Wildman–Crippen MR) is 52.0 cm³/mol. The lowest BCUT2D eigenvalue weighted by Gasteiger charge is -2.32. The molecule has 1 heterocycles. The van der Waals surface area contributed by atoms with E-state index in [0.717, 1.165) is 0 Å². The molecule has 0 unspecified atom stereocenters. The van der Waals surface area contributed by atoms with Crippen molar-refractivity contribution in [1.82, 2.24) is 5.32 Å². The summed E-state index contributed by atoms with van der Waals surface area (Å²) in [4.78, 5) is 11.1. The molecular weight excluding hydrogens is 162 g/mol. The smallest absolute Gasteiger partial charge is 0.229 e. The summed E-state index contributed by atoms with van der Waals surface area (Å²) in [6, 6.07) is 0.207. The molecule has 1 saturated heterocycles. The maximum atomic E-state index is 11.1. The molecule has 68 valence electrons. The lowest BCUT2D eigenvalue weighted by molar-refractivity contribution is -0.131. The molecule has 2 heteroatoms. The SMILES string of the molecule is C[C@@H]1C=C[C@@H]2C(=O)N[C@@H]2/C=C\C=C/1. The first-order valence-corrected chi connectivity index (χ1v) is 4.61. The van der Waals surface area contributed by atoms with E-state index in [1.807, 2.05) is 24.3 Å². The van der Waals surface area contributed by atoms with Gasteiger partial charge in [0, 0.05) is 0 Å². The van der Waals surface area contributed by atoms with Crippen molar-refractivity contribution >= 4 is 5.91 Å². The fraction of sp³-hybridized carbons (Fsp3) is 0.364. The minimum atomic E-state index is 0.0543.